The second kappa shape index (κ2) is 4.73. The van der Waals surface area contributed by atoms with Crippen LogP contribution in [0.15, 0.2) is 24.3 Å². The standard InChI is InChI=1S/C11H11ClN2O3/c1-17-6-9-10(15)14(11(16)13-9)8-4-2-7(12)3-5-8/h2-5,9H,6H2,1H3,(H,13,16). The number of carbonyl (C=O) groups is 2. The highest BCUT2D eigenvalue weighted by Crippen LogP contribution is 2.21. The van der Waals surface area contributed by atoms with Gasteiger partial charge in [0.05, 0.1) is 12.3 Å². The van der Waals surface area contributed by atoms with Gasteiger partial charge in [-0.1, -0.05) is 11.6 Å². The zero-order valence-corrected chi connectivity index (χ0v) is 9.90. The van der Waals surface area contributed by atoms with Crippen molar-refractivity contribution >= 4 is 29.2 Å². The molecular weight excluding hydrogens is 244 g/mol. The number of amides is 3. The maximum Gasteiger partial charge on any atom is 0.329 e. The minimum Gasteiger partial charge on any atom is -0.382 e. The van der Waals surface area contributed by atoms with Crippen molar-refractivity contribution in [3.63, 3.8) is 0 Å². The van der Waals surface area contributed by atoms with E-state index < -0.39 is 12.1 Å². The molecule has 1 heterocycles. The van der Waals surface area contributed by atoms with Crippen molar-refractivity contribution in [2.75, 3.05) is 18.6 Å². The first kappa shape index (κ1) is 11.9. The molecule has 1 fully saturated rings. The van der Waals surface area contributed by atoms with Crippen LogP contribution in [0.1, 0.15) is 0 Å². The minimum absolute atomic E-state index is 0.161. The van der Waals surface area contributed by atoms with E-state index >= 15 is 0 Å². The number of rotatable bonds is 3. The molecule has 17 heavy (non-hydrogen) atoms. The lowest BCUT2D eigenvalue weighted by Gasteiger charge is -2.12. The Kier molecular flexibility index (Phi) is 3.31. The molecule has 2 rings (SSSR count). The number of nitrogens with zero attached hydrogens (tertiary/aromatic N) is 1. The Bertz CT molecular complexity index is 447. The van der Waals surface area contributed by atoms with Crippen LogP contribution in [0.25, 0.3) is 0 Å². The van der Waals surface area contributed by atoms with E-state index in [9.17, 15) is 9.59 Å². The van der Waals surface area contributed by atoms with Gasteiger partial charge in [-0.3, -0.25) is 4.79 Å². The number of halogens is 1. The third-order valence-corrected chi connectivity index (χ3v) is 2.69. The van der Waals surface area contributed by atoms with Crippen LogP contribution in [0, 0.1) is 0 Å². The molecule has 1 aliphatic heterocycles. The quantitative estimate of drug-likeness (QED) is 0.830. The number of carbonyl (C=O) groups excluding carboxylic acids is 2. The van der Waals surface area contributed by atoms with Gasteiger partial charge in [0.1, 0.15) is 6.04 Å². The van der Waals surface area contributed by atoms with Crippen LogP contribution in [0.2, 0.25) is 5.02 Å². The minimum atomic E-state index is -0.622. The lowest BCUT2D eigenvalue weighted by Crippen LogP contribution is -2.34. The average Bonchev–Trinajstić information content (AvgIpc) is 2.57. The fourth-order valence-electron chi connectivity index (χ4n) is 1.65. The third-order valence-electron chi connectivity index (χ3n) is 2.44. The van der Waals surface area contributed by atoms with Crippen LogP contribution in [-0.2, 0) is 9.53 Å². The fourth-order valence-corrected chi connectivity index (χ4v) is 1.77. The molecule has 1 unspecified atom stereocenters. The van der Waals surface area contributed by atoms with Gasteiger partial charge in [-0.25, -0.2) is 9.69 Å². The normalized spacial score (nSPS) is 19.6. The number of methoxy groups -OCH3 is 1. The molecule has 0 radical (unpaired) electrons. The van der Waals surface area contributed by atoms with Crippen LogP contribution in [0.5, 0.6) is 0 Å². The second-order valence-corrected chi connectivity index (χ2v) is 4.04. The van der Waals surface area contributed by atoms with Crippen molar-refractivity contribution in [1.29, 1.82) is 0 Å². The van der Waals surface area contributed by atoms with E-state index in [1.165, 1.54) is 7.11 Å². The predicted molar refractivity (Wildman–Crippen MR) is 63.1 cm³/mol. The molecular formula is C11H11ClN2O3. The van der Waals surface area contributed by atoms with E-state index in [2.05, 4.69) is 5.32 Å². The Morgan fingerprint density at radius 1 is 1.35 bits per heavy atom. The SMILES string of the molecule is COCC1NC(=O)N(c2ccc(Cl)cc2)C1=O. The van der Waals surface area contributed by atoms with E-state index in [1.54, 1.807) is 24.3 Å². The molecule has 1 aliphatic rings. The molecule has 0 saturated carbocycles. The lowest BCUT2D eigenvalue weighted by atomic mass is 10.2. The van der Waals surface area contributed by atoms with E-state index in [0.717, 1.165) is 4.90 Å². The smallest absolute Gasteiger partial charge is 0.329 e. The predicted octanol–water partition coefficient (Wildman–Crippen LogP) is 1.41. The Morgan fingerprint density at radius 3 is 2.59 bits per heavy atom. The number of hydrogen-bond acceptors (Lipinski definition) is 3. The molecule has 1 N–H and O–H groups in total. The molecule has 5 nitrogen and oxygen atoms in total. The molecule has 0 aliphatic carbocycles. The zero-order chi connectivity index (χ0) is 12.4. The molecule has 1 aromatic carbocycles. The number of benzene rings is 1. The van der Waals surface area contributed by atoms with Gasteiger partial charge in [0.2, 0.25) is 0 Å². The van der Waals surface area contributed by atoms with E-state index in [-0.39, 0.29) is 12.5 Å². The number of ether oxygens (including phenoxy) is 1. The molecule has 1 saturated heterocycles. The summed E-state index contributed by atoms with van der Waals surface area (Å²) in [5.41, 5.74) is 0.496. The monoisotopic (exact) mass is 254 g/mol. The summed E-state index contributed by atoms with van der Waals surface area (Å²) >= 11 is 5.75. The molecule has 0 bridgehead atoms. The first-order chi connectivity index (χ1) is 8.13. The summed E-state index contributed by atoms with van der Waals surface area (Å²) in [7, 11) is 1.48. The first-order valence-electron chi connectivity index (χ1n) is 5.02. The van der Waals surface area contributed by atoms with Gasteiger partial charge in [0.25, 0.3) is 5.91 Å². The van der Waals surface area contributed by atoms with E-state index in [1.807, 2.05) is 0 Å². The van der Waals surface area contributed by atoms with E-state index in [0.29, 0.717) is 10.7 Å². The maximum atomic E-state index is 11.9. The number of urea groups is 1. The summed E-state index contributed by atoms with van der Waals surface area (Å²) in [5.74, 6) is -0.320. The van der Waals surface area contributed by atoms with Crippen molar-refractivity contribution in [3.05, 3.63) is 29.3 Å². The fraction of sp³-hybridized carbons (Fsp3) is 0.273. The average molecular weight is 255 g/mol. The summed E-state index contributed by atoms with van der Waals surface area (Å²) in [6, 6.07) is 5.43. The van der Waals surface area contributed by atoms with Gasteiger partial charge in [0, 0.05) is 12.1 Å². The molecule has 1 atom stereocenters. The summed E-state index contributed by atoms with van der Waals surface area (Å²) in [4.78, 5) is 24.7. The van der Waals surface area contributed by atoms with Crippen molar-refractivity contribution in [1.82, 2.24) is 5.32 Å². The number of imide groups is 1. The summed E-state index contributed by atoms with van der Waals surface area (Å²) in [6.07, 6.45) is 0. The van der Waals surface area contributed by atoms with Crippen LogP contribution in [-0.4, -0.2) is 31.7 Å². The summed E-state index contributed by atoms with van der Waals surface area (Å²) in [5, 5.41) is 3.10. The lowest BCUT2D eigenvalue weighted by molar-refractivity contribution is -0.119. The van der Waals surface area contributed by atoms with E-state index in [4.69, 9.17) is 16.3 Å². The van der Waals surface area contributed by atoms with Gasteiger partial charge in [0.15, 0.2) is 0 Å². The largest absolute Gasteiger partial charge is 0.382 e. The Labute approximate surface area is 103 Å². The molecule has 6 heteroatoms. The van der Waals surface area contributed by atoms with Crippen LogP contribution in [0.4, 0.5) is 10.5 Å². The van der Waals surface area contributed by atoms with Crippen LogP contribution >= 0.6 is 11.6 Å². The Hall–Kier alpha value is -1.59. The molecule has 3 amide bonds. The second-order valence-electron chi connectivity index (χ2n) is 3.61. The van der Waals surface area contributed by atoms with Gasteiger partial charge in [-0.05, 0) is 24.3 Å². The third kappa shape index (κ3) is 2.25. The number of anilines is 1. The van der Waals surface area contributed by atoms with Gasteiger partial charge < -0.3 is 10.1 Å². The van der Waals surface area contributed by atoms with Crippen LogP contribution in [0.3, 0.4) is 0 Å². The Balaban J connectivity index is 2.24. The summed E-state index contributed by atoms with van der Waals surface area (Å²) in [6.45, 7) is 0.161. The topological polar surface area (TPSA) is 58.6 Å². The number of hydrogen-bond donors (Lipinski definition) is 1. The van der Waals surface area contributed by atoms with Crippen molar-refractivity contribution in [3.8, 4) is 0 Å². The highest BCUT2D eigenvalue weighted by atomic mass is 35.5. The first-order valence-corrected chi connectivity index (χ1v) is 5.40. The van der Waals surface area contributed by atoms with Gasteiger partial charge >= 0.3 is 6.03 Å². The zero-order valence-electron chi connectivity index (χ0n) is 9.14. The molecule has 0 spiro atoms. The maximum absolute atomic E-state index is 11.9. The Morgan fingerprint density at radius 2 is 2.00 bits per heavy atom. The number of nitrogens with one attached hydrogen (secondary N) is 1. The van der Waals surface area contributed by atoms with Gasteiger partial charge in [-0.2, -0.15) is 0 Å². The highest BCUT2D eigenvalue weighted by Gasteiger charge is 2.38. The van der Waals surface area contributed by atoms with Crippen molar-refractivity contribution < 1.29 is 14.3 Å². The molecule has 0 aromatic heterocycles. The van der Waals surface area contributed by atoms with Gasteiger partial charge in [-0.15, -0.1) is 0 Å². The van der Waals surface area contributed by atoms with Crippen molar-refractivity contribution in [2.45, 2.75) is 6.04 Å². The molecule has 1 aromatic rings. The summed E-state index contributed by atoms with van der Waals surface area (Å²) < 4.78 is 4.86. The van der Waals surface area contributed by atoms with Crippen LogP contribution < -0.4 is 10.2 Å². The highest BCUT2D eigenvalue weighted by molar-refractivity contribution is 6.30. The van der Waals surface area contributed by atoms with Crippen molar-refractivity contribution in [2.24, 2.45) is 0 Å². The molecule has 90 valence electrons.